The zero-order chi connectivity index (χ0) is 23.0. The molecule has 0 radical (unpaired) electrons. The fourth-order valence-corrected chi connectivity index (χ4v) is 3.15. The minimum Gasteiger partial charge on any atom is -0.289 e. The highest BCUT2D eigenvalue weighted by atomic mass is 16.5. The molecule has 1 heterocycles. The van der Waals surface area contributed by atoms with E-state index in [0.717, 1.165) is 10.6 Å². The van der Waals surface area contributed by atoms with Gasteiger partial charge in [-0.3, -0.25) is 24.8 Å². The first-order valence-electron chi connectivity index (χ1n) is 10.0. The molecule has 0 saturated carbocycles. The molecule has 0 aliphatic carbocycles. The molecule has 0 aliphatic heterocycles. The second-order valence-electron chi connectivity index (χ2n) is 7.54. The van der Waals surface area contributed by atoms with E-state index < -0.39 is 34.9 Å². The first-order chi connectivity index (χ1) is 14.7. The Labute approximate surface area is 177 Å². The molecule has 1 aromatic carbocycles. The van der Waals surface area contributed by atoms with Gasteiger partial charge in [0.1, 0.15) is 6.04 Å². The van der Waals surface area contributed by atoms with Gasteiger partial charge in [-0.15, -0.1) is 4.68 Å². The lowest BCUT2D eigenvalue weighted by molar-refractivity contribution is -0.134. The van der Waals surface area contributed by atoms with Crippen LogP contribution in [0.15, 0.2) is 44.7 Å². The predicted octanol–water partition coefficient (Wildman–Crippen LogP) is 0.0226. The number of nitrogens with one attached hydrogen (secondary N) is 3. The fourth-order valence-electron chi connectivity index (χ4n) is 3.15. The van der Waals surface area contributed by atoms with Gasteiger partial charge in [0.2, 0.25) is 5.91 Å². The summed E-state index contributed by atoms with van der Waals surface area (Å²) in [5.74, 6) is -1.47. The number of amides is 2. The molecule has 0 bridgehead atoms. The summed E-state index contributed by atoms with van der Waals surface area (Å²) in [5, 5.41) is 9.95. The summed E-state index contributed by atoms with van der Waals surface area (Å²) in [7, 11) is 0. The number of hydroxylamine groups is 1. The Bertz CT molecular complexity index is 1020. The summed E-state index contributed by atoms with van der Waals surface area (Å²) in [6.07, 6.45) is 1.45. The Morgan fingerprint density at radius 1 is 1.06 bits per heavy atom. The number of hydrogen-bond acceptors (Lipinski definition) is 6. The topological polar surface area (TPSA) is 157 Å². The summed E-state index contributed by atoms with van der Waals surface area (Å²) in [6, 6.07) is 8.07. The maximum absolute atomic E-state index is 13.0. The SMILES string of the molecule is CC(C)CCC(=O)N([C@@H](CCCc1ccccc1)C(=O)NO)n1c(=O)[nH]c(=O)[nH]c1=O. The number of carbonyl (C=O) groups excluding carboxylic acids is 2. The lowest BCUT2D eigenvalue weighted by Gasteiger charge is -2.30. The molecule has 0 fully saturated rings. The number of rotatable bonds is 10. The number of nitrogens with zero attached hydrogens (tertiary/aromatic N) is 2. The van der Waals surface area contributed by atoms with Gasteiger partial charge in [0.05, 0.1) is 0 Å². The van der Waals surface area contributed by atoms with Crippen LogP contribution >= 0.6 is 0 Å². The third-order valence-electron chi connectivity index (χ3n) is 4.73. The summed E-state index contributed by atoms with van der Waals surface area (Å²) >= 11 is 0. The van der Waals surface area contributed by atoms with E-state index in [1.807, 2.05) is 54.1 Å². The van der Waals surface area contributed by atoms with Crippen molar-refractivity contribution in [3.05, 3.63) is 67.3 Å². The molecular formula is C20H27N5O6. The Morgan fingerprint density at radius 3 is 2.23 bits per heavy atom. The van der Waals surface area contributed by atoms with Crippen molar-refractivity contribution in [1.82, 2.24) is 20.1 Å². The molecule has 0 aliphatic rings. The number of benzene rings is 1. The zero-order valence-corrected chi connectivity index (χ0v) is 17.5. The van der Waals surface area contributed by atoms with E-state index >= 15 is 0 Å². The number of carbonyl (C=O) groups is 2. The number of aromatic amines is 2. The highest BCUT2D eigenvalue weighted by Gasteiger charge is 2.33. The van der Waals surface area contributed by atoms with E-state index in [1.54, 1.807) is 0 Å². The van der Waals surface area contributed by atoms with E-state index in [9.17, 15) is 29.2 Å². The second-order valence-corrected chi connectivity index (χ2v) is 7.54. The first-order valence-corrected chi connectivity index (χ1v) is 10.0. The van der Waals surface area contributed by atoms with Gasteiger partial charge in [-0.05, 0) is 37.2 Å². The normalized spacial score (nSPS) is 11.9. The second kappa shape index (κ2) is 11.1. The highest BCUT2D eigenvalue weighted by molar-refractivity contribution is 5.94. The molecular weight excluding hydrogens is 406 g/mol. The summed E-state index contributed by atoms with van der Waals surface area (Å²) in [6.45, 7) is 3.79. The number of aryl methyl sites for hydroxylation is 1. The van der Waals surface area contributed by atoms with E-state index in [1.165, 1.54) is 5.48 Å². The first kappa shape index (κ1) is 23.8. The molecule has 168 valence electrons. The molecule has 4 N–H and O–H groups in total. The molecule has 0 saturated heterocycles. The van der Waals surface area contributed by atoms with Crippen LogP contribution in [0.3, 0.4) is 0 Å². The minimum absolute atomic E-state index is 0.0451. The molecule has 0 spiro atoms. The summed E-state index contributed by atoms with van der Waals surface area (Å²) in [4.78, 5) is 65.3. The van der Waals surface area contributed by atoms with Crippen LogP contribution in [-0.2, 0) is 16.0 Å². The third-order valence-corrected chi connectivity index (χ3v) is 4.73. The molecule has 1 aromatic heterocycles. The van der Waals surface area contributed by atoms with Gasteiger partial charge in [0, 0.05) is 6.42 Å². The predicted molar refractivity (Wildman–Crippen MR) is 112 cm³/mol. The van der Waals surface area contributed by atoms with Gasteiger partial charge in [0.25, 0.3) is 5.91 Å². The van der Waals surface area contributed by atoms with Crippen LogP contribution in [-0.4, -0.2) is 37.7 Å². The van der Waals surface area contributed by atoms with Gasteiger partial charge in [-0.1, -0.05) is 44.2 Å². The standard InChI is InChI=1S/C20H27N5O6/c1-13(2)11-12-16(26)24(25-19(29)21-18(28)22-20(25)30)15(17(27)23-31)10-6-9-14-7-4-3-5-8-14/h3-5,7-8,13,15,31H,6,9-12H2,1-2H3,(H,23,27)(H2,21,22,28,29,30)/t15-/m0/s1. The largest absolute Gasteiger partial charge is 0.353 e. The average Bonchev–Trinajstić information content (AvgIpc) is 2.72. The molecule has 11 heteroatoms. The highest BCUT2D eigenvalue weighted by Crippen LogP contribution is 2.13. The minimum atomic E-state index is -1.35. The smallest absolute Gasteiger partial charge is 0.289 e. The molecule has 1 atom stereocenters. The van der Waals surface area contributed by atoms with Crippen LogP contribution in [0.1, 0.15) is 45.1 Å². The Hall–Kier alpha value is -3.47. The number of aromatic nitrogens is 3. The average molecular weight is 433 g/mol. The van der Waals surface area contributed by atoms with Crippen molar-refractivity contribution in [2.24, 2.45) is 5.92 Å². The van der Waals surface area contributed by atoms with Crippen LogP contribution in [0, 0.1) is 5.92 Å². The van der Waals surface area contributed by atoms with Gasteiger partial charge in [0.15, 0.2) is 0 Å². The van der Waals surface area contributed by atoms with Gasteiger partial charge in [-0.25, -0.2) is 24.9 Å². The van der Waals surface area contributed by atoms with E-state index in [-0.39, 0.29) is 18.8 Å². The van der Waals surface area contributed by atoms with Crippen LogP contribution in [0.5, 0.6) is 0 Å². The van der Waals surface area contributed by atoms with E-state index in [2.05, 4.69) is 0 Å². The van der Waals surface area contributed by atoms with Crippen molar-refractivity contribution in [2.45, 2.75) is 52.0 Å². The lowest BCUT2D eigenvalue weighted by Crippen LogP contribution is -2.63. The Morgan fingerprint density at radius 2 is 1.68 bits per heavy atom. The van der Waals surface area contributed by atoms with E-state index in [4.69, 9.17) is 0 Å². The Balaban J connectivity index is 2.42. The molecule has 31 heavy (non-hydrogen) atoms. The number of hydrogen-bond donors (Lipinski definition) is 4. The van der Waals surface area contributed by atoms with Crippen molar-refractivity contribution in [2.75, 3.05) is 5.01 Å². The summed E-state index contributed by atoms with van der Waals surface area (Å²) < 4.78 is 0.395. The van der Waals surface area contributed by atoms with Crippen molar-refractivity contribution in [3.8, 4) is 0 Å². The monoisotopic (exact) mass is 433 g/mol. The van der Waals surface area contributed by atoms with Gasteiger partial charge < -0.3 is 0 Å². The van der Waals surface area contributed by atoms with Crippen LogP contribution < -0.4 is 27.6 Å². The molecule has 2 amide bonds. The van der Waals surface area contributed by atoms with Crippen molar-refractivity contribution >= 4 is 11.8 Å². The maximum Gasteiger partial charge on any atom is 0.353 e. The molecule has 2 rings (SSSR count). The van der Waals surface area contributed by atoms with Crippen molar-refractivity contribution in [3.63, 3.8) is 0 Å². The lowest BCUT2D eigenvalue weighted by atomic mass is 10.0. The van der Waals surface area contributed by atoms with Crippen molar-refractivity contribution < 1.29 is 14.8 Å². The quantitative estimate of drug-likeness (QED) is 0.306. The Kier molecular flexibility index (Phi) is 8.50. The van der Waals surface area contributed by atoms with Crippen molar-refractivity contribution in [1.29, 1.82) is 0 Å². The fraction of sp³-hybridized carbons (Fsp3) is 0.450. The van der Waals surface area contributed by atoms with Gasteiger partial charge >= 0.3 is 17.1 Å². The van der Waals surface area contributed by atoms with Crippen LogP contribution in [0.4, 0.5) is 0 Å². The van der Waals surface area contributed by atoms with Crippen LogP contribution in [0.2, 0.25) is 0 Å². The maximum atomic E-state index is 13.0. The molecule has 11 nitrogen and oxygen atoms in total. The molecule has 0 unspecified atom stereocenters. The molecule has 2 aromatic rings. The third kappa shape index (κ3) is 6.51. The van der Waals surface area contributed by atoms with Gasteiger partial charge in [-0.2, -0.15) is 0 Å². The summed E-state index contributed by atoms with van der Waals surface area (Å²) in [5.41, 5.74) is -0.854. The number of H-pyrrole nitrogens is 2. The van der Waals surface area contributed by atoms with E-state index in [0.29, 0.717) is 23.9 Å². The van der Waals surface area contributed by atoms with Crippen LogP contribution in [0.25, 0.3) is 0 Å². The zero-order valence-electron chi connectivity index (χ0n) is 17.5.